The fourth-order valence-corrected chi connectivity index (χ4v) is 5.54. The lowest BCUT2D eigenvalue weighted by atomic mass is 10.1. The maximum atomic E-state index is 14.6. The molecule has 0 radical (unpaired) electrons. The Balaban J connectivity index is 2.09. The Kier molecular flexibility index (Phi) is 10.7. The molecular weight excluding hydrogens is 549 g/mol. The lowest BCUT2D eigenvalue weighted by Crippen LogP contribution is -2.51. The molecule has 3 rings (SSSR count). The van der Waals surface area contributed by atoms with E-state index in [1.54, 1.807) is 18.2 Å². The first-order valence-electron chi connectivity index (χ1n) is 13.2. The maximum absolute atomic E-state index is 14.6. The van der Waals surface area contributed by atoms with Gasteiger partial charge in [0.2, 0.25) is 11.8 Å². The molecule has 0 heterocycles. The average Bonchev–Trinajstić information content (AvgIpc) is 2.97. The number of hydrogen-bond donors (Lipinski definition) is 1. The highest BCUT2D eigenvalue weighted by atomic mass is 32.2. The number of halogens is 1. The molecule has 0 bridgehead atoms. The minimum absolute atomic E-state index is 0.0277. The first-order chi connectivity index (χ1) is 19.5. The van der Waals surface area contributed by atoms with E-state index in [1.807, 2.05) is 13.8 Å². The largest absolute Gasteiger partial charge is 0.493 e. The molecule has 0 saturated carbocycles. The zero-order valence-corrected chi connectivity index (χ0v) is 24.7. The summed E-state index contributed by atoms with van der Waals surface area (Å²) in [6.07, 6.45) is 0.682. The van der Waals surface area contributed by atoms with Gasteiger partial charge in [-0.2, -0.15) is 0 Å². The van der Waals surface area contributed by atoms with Crippen LogP contribution >= 0.6 is 0 Å². The van der Waals surface area contributed by atoms with Gasteiger partial charge in [0, 0.05) is 24.7 Å². The van der Waals surface area contributed by atoms with Crippen molar-refractivity contribution in [3.63, 3.8) is 0 Å². The molecule has 0 aliphatic heterocycles. The number of anilines is 1. The van der Waals surface area contributed by atoms with Crippen LogP contribution in [0.2, 0.25) is 0 Å². The SMILES string of the molecule is CCCNC(=O)[C@@H](C)N(Cc1ccccc1F)C(=O)CN(c1ccc(OC)c(OC)c1)S(=O)(=O)c1ccc(C)cc1. The van der Waals surface area contributed by atoms with Gasteiger partial charge in [0.25, 0.3) is 10.0 Å². The lowest BCUT2D eigenvalue weighted by molar-refractivity contribution is -0.139. The van der Waals surface area contributed by atoms with Crippen molar-refractivity contribution in [3.05, 3.63) is 83.7 Å². The third-order valence-electron chi connectivity index (χ3n) is 6.56. The molecule has 2 amide bonds. The summed E-state index contributed by atoms with van der Waals surface area (Å²) in [6, 6.07) is 15.6. The third kappa shape index (κ3) is 7.55. The van der Waals surface area contributed by atoms with E-state index in [0.717, 1.165) is 9.87 Å². The smallest absolute Gasteiger partial charge is 0.264 e. The van der Waals surface area contributed by atoms with Crippen LogP contribution in [0, 0.1) is 12.7 Å². The van der Waals surface area contributed by atoms with Gasteiger partial charge in [-0.05, 0) is 50.6 Å². The summed E-state index contributed by atoms with van der Waals surface area (Å²) in [7, 11) is -1.40. The van der Waals surface area contributed by atoms with Crippen molar-refractivity contribution in [1.82, 2.24) is 10.2 Å². The summed E-state index contributed by atoms with van der Waals surface area (Å²) >= 11 is 0. The highest BCUT2D eigenvalue weighted by molar-refractivity contribution is 7.92. The highest BCUT2D eigenvalue weighted by Gasteiger charge is 2.33. The quantitative estimate of drug-likeness (QED) is 0.321. The fraction of sp³-hybridized carbons (Fsp3) is 0.333. The molecule has 220 valence electrons. The van der Waals surface area contributed by atoms with Crippen LogP contribution < -0.4 is 19.1 Å². The van der Waals surface area contributed by atoms with Crippen LogP contribution in [0.1, 0.15) is 31.4 Å². The highest BCUT2D eigenvalue weighted by Crippen LogP contribution is 2.34. The number of rotatable bonds is 13. The molecule has 1 N–H and O–H groups in total. The van der Waals surface area contributed by atoms with E-state index in [0.29, 0.717) is 18.7 Å². The van der Waals surface area contributed by atoms with Gasteiger partial charge in [-0.1, -0.05) is 42.8 Å². The molecule has 0 aliphatic carbocycles. The van der Waals surface area contributed by atoms with Gasteiger partial charge in [0.1, 0.15) is 18.4 Å². The number of carbonyl (C=O) groups excluding carboxylic acids is 2. The monoisotopic (exact) mass is 585 g/mol. The number of carbonyl (C=O) groups is 2. The number of nitrogens with one attached hydrogen (secondary N) is 1. The number of ether oxygens (including phenoxy) is 2. The molecule has 0 fully saturated rings. The molecule has 11 heteroatoms. The van der Waals surface area contributed by atoms with E-state index >= 15 is 0 Å². The topological polar surface area (TPSA) is 105 Å². The van der Waals surface area contributed by atoms with Crippen molar-refractivity contribution in [1.29, 1.82) is 0 Å². The molecule has 0 saturated heterocycles. The standard InChI is InChI=1S/C30H36FN3O6S/c1-6-17-32-30(36)22(3)33(19-23-9-7-8-10-26(23)31)29(35)20-34(24-13-16-27(39-4)28(18-24)40-5)41(37,38)25-14-11-21(2)12-15-25/h7-16,18,22H,6,17,19-20H2,1-5H3,(H,32,36)/t22-/m1/s1. The van der Waals surface area contributed by atoms with Crippen LogP contribution in [0.5, 0.6) is 11.5 Å². The second kappa shape index (κ2) is 14.0. The van der Waals surface area contributed by atoms with Crippen LogP contribution in [0.3, 0.4) is 0 Å². The second-order valence-electron chi connectivity index (χ2n) is 9.44. The molecular formula is C30H36FN3O6S. The Labute approximate surface area is 240 Å². The Morgan fingerprint density at radius 2 is 1.63 bits per heavy atom. The molecule has 1 atom stereocenters. The predicted octanol–water partition coefficient (Wildman–Crippen LogP) is 4.29. The van der Waals surface area contributed by atoms with Gasteiger partial charge in [0.05, 0.1) is 24.8 Å². The summed E-state index contributed by atoms with van der Waals surface area (Å²) in [5, 5.41) is 2.75. The Bertz CT molecular complexity index is 1460. The molecule has 0 aliphatic rings. The molecule has 9 nitrogen and oxygen atoms in total. The molecule has 0 spiro atoms. The second-order valence-corrected chi connectivity index (χ2v) is 11.3. The van der Waals surface area contributed by atoms with E-state index < -0.39 is 40.2 Å². The van der Waals surface area contributed by atoms with Crippen molar-refractivity contribution < 1.29 is 31.9 Å². The van der Waals surface area contributed by atoms with Gasteiger partial charge >= 0.3 is 0 Å². The number of sulfonamides is 1. The minimum atomic E-state index is -4.27. The number of amides is 2. The number of benzene rings is 3. The van der Waals surface area contributed by atoms with E-state index in [9.17, 15) is 22.4 Å². The fourth-order valence-electron chi connectivity index (χ4n) is 4.13. The molecule has 3 aromatic rings. The summed E-state index contributed by atoms with van der Waals surface area (Å²) < 4.78 is 54.2. The van der Waals surface area contributed by atoms with Gasteiger partial charge in [-0.3, -0.25) is 13.9 Å². The zero-order chi connectivity index (χ0) is 30.2. The number of hydrogen-bond acceptors (Lipinski definition) is 6. The van der Waals surface area contributed by atoms with Crippen LogP contribution in [0.4, 0.5) is 10.1 Å². The summed E-state index contributed by atoms with van der Waals surface area (Å²) in [6.45, 7) is 4.74. The van der Waals surface area contributed by atoms with E-state index in [-0.39, 0.29) is 28.4 Å². The van der Waals surface area contributed by atoms with E-state index in [4.69, 9.17) is 9.47 Å². The van der Waals surface area contributed by atoms with Crippen molar-refractivity contribution >= 4 is 27.5 Å². The predicted molar refractivity (Wildman–Crippen MR) is 155 cm³/mol. The van der Waals surface area contributed by atoms with Gasteiger partial charge in [-0.25, -0.2) is 12.8 Å². The normalized spacial score (nSPS) is 11.9. The Hall–Kier alpha value is -4.12. The van der Waals surface area contributed by atoms with Gasteiger partial charge in [-0.15, -0.1) is 0 Å². The average molecular weight is 586 g/mol. The molecule has 3 aromatic carbocycles. The number of nitrogens with zero attached hydrogens (tertiary/aromatic N) is 2. The first kappa shape index (κ1) is 31.4. The van der Waals surface area contributed by atoms with E-state index in [1.165, 1.54) is 74.6 Å². The summed E-state index contributed by atoms with van der Waals surface area (Å²) in [5.74, 6) is -1.04. The van der Waals surface area contributed by atoms with Crippen molar-refractivity contribution in [2.45, 2.75) is 44.7 Å². The summed E-state index contributed by atoms with van der Waals surface area (Å²) in [5.41, 5.74) is 1.20. The Morgan fingerprint density at radius 1 is 0.976 bits per heavy atom. The third-order valence-corrected chi connectivity index (χ3v) is 8.35. The molecule has 41 heavy (non-hydrogen) atoms. The number of methoxy groups -OCH3 is 2. The van der Waals surface area contributed by atoms with Crippen LogP contribution in [-0.2, 0) is 26.2 Å². The van der Waals surface area contributed by atoms with Crippen LogP contribution in [0.25, 0.3) is 0 Å². The van der Waals surface area contributed by atoms with Crippen molar-refractivity contribution in [3.8, 4) is 11.5 Å². The zero-order valence-electron chi connectivity index (χ0n) is 23.9. The molecule has 0 aromatic heterocycles. The van der Waals surface area contributed by atoms with Crippen LogP contribution in [-0.4, -0.2) is 58.5 Å². The van der Waals surface area contributed by atoms with Gasteiger partial charge < -0.3 is 19.7 Å². The number of aryl methyl sites for hydroxylation is 1. The first-order valence-corrected chi connectivity index (χ1v) is 14.6. The maximum Gasteiger partial charge on any atom is 0.264 e. The van der Waals surface area contributed by atoms with Gasteiger partial charge in [0.15, 0.2) is 11.5 Å². The van der Waals surface area contributed by atoms with Crippen LogP contribution in [0.15, 0.2) is 71.6 Å². The summed E-state index contributed by atoms with van der Waals surface area (Å²) in [4.78, 5) is 28.0. The van der Waals surface area contributed by atoms with Crippen molar-refractivity contribution in [2.24, 2.45) is 0 Å². The molecule has 0 unspecified atom stereocenters. The lowest BCUT2D eigenvalue weighted by Gasteiger charge is -2.32. The Morgan fingerprint density at radius 3 is 2.24 bits per heavy atom. The minimum Gasteiger partial charge on any atom is -0.493 e. The van der Waals surface area contributed by atoms with Crippen molar-refractivity contribution in [2.75, 3.05) is 31.6 Å². The van der Waals surface area contributed by atoms with E-state index in [2.05, 4.69) is 5.32 Å².